The fraction of sp³-hybridized carbons (Fsp3) is 0.0714. The molecule has 0 unspecified atom stereocenters. The van der Waals surface area contributed by atoms with E-state index >= 15 is 0 Å². The molecule has 2 aromatic carbocycles. The zero-order valence-corrected chi connectivity index (χ0v) is 11.3. The number of aryl methyl sites for hydroxylation is 1. The van der Waals surface area contributed by atoms with Gasteiger partial charge in [-0.2, -0.15) is 0 Å². The zero-order valence-electron chi connectivity index (χ0n) is 9.81. The number of hydrogen-bond acceptors (Lipinski definition) is 1. The van der Waals surface area contributed by atoms with Crippen LogP contribution >= 0.6 is 23.2 Å². The molecule has 0 aliphatic heterocycles. The minimum absolute atomic E-state index is 0.00995. The molecule has 0 saturated carbocycles. The van der Waals surface area contributed by atoms with Crippen molar-refractivity contribution in [3.8, 4) is 0 Å². The van der Waals surface area contributed by atoms with Crippen molar-refractivity contribution in [2.24, 2.45) is 0 Å². The number of carbonyl (C=O) groups excluding carboxylic acids is 1. The third-order valence-electron chi connectivity index (χ3n) is 2.68. The maximum absolute atomic E-state index is 13.7. The highest BCUT2D eigenvalue weighted by Crippen LogP contribution is 2.28. The van der Waals surface area contributed by atoms with Crippen molar-refractivity contribution >= 4 is 29.0 Å². The third kappa shape index (κ3) is 2.62. The van der Waals surface area contributed by atoms with Crippen molar-refractivity contribution in [3.05, 3.63) is 68.7 Å². The molecule has 0 aromatic heterocycles. The number of rotatable bonds is 2. The van der Waals surface area contributed by atoms with Gasteiger partial charge in [0, 0.05) is 6.07 Å². The number of carbonyl (C=O) groups is 1. The SMILES string of the molecule is Cc1cc(C(=O)c2c(Cl)cccc2Cl)c(F)cc1F. The number of benzene rings is 2. The van der Waals surface area contributed by atoms with Crippen LogP contribution in [0.3, 0.4) is 0 Å². The molecule has 19 heavy (non-hydrogen) atoms. The maximum atomic E-state index is 13.7. The fourth-order valence-electron chi connectivity index (χ4n) is 1.68. The van der Waals surface area contributed by atoms with Crippen LogP contribution in [-0.2, 0) is 0 Å². The van der Waals surface area contributed by atoms with E-state index in [9.17, 15) is 13.6 Å². The molecule has 0 amide bonds. The molecular formula is C14H8Cl2F2O. The first-order valence-electron chi connectivity index (χ1n) is 5.36. The Morgan fingerprint density at radius 2 is 1.63 bits per heavy atom. The monoisotopic (exact) mass is 300 g/mol. The molecule has 2 rings (SSSR count). The third-order valence-corrected chi connectivity index (χ3v) is 3.31. The van der Waals surface area contributed by atoms with E-state index in [0.717, 1.165) is 6.07 Å². The second-order valence-corrected chi connectivity index (χ2v) is 4.82. The van der Waals surface area contributed by atoms with Crippen LogP contribution in [0.4, 0.5) is 8.78 Å². The normalized spacial score (nSPS) is 10.6. The molecule has 2 aromatic rings. The summed E-state index contributed by atoms with van der Waals surface area (Å²) in [6.07, 6.45) is 0. The smallest absolute Gasteiger partial charge is 0.198 e. The van der Waals surface area contributed by atoms with Crippen LogP contribution in [0, 0.1) is 18.6 Å². The van der Waals surface area contributed by atoms with Crippen molar-refractivity contribution in [2.45, 2.75) is 6.92 Å². The molecule has 1 nitrogen and oxygen atoms in total. The molecule has 0 fully saturated rings. The van der Waals surface area contributed by atoms with E-state index in [-0.39, 0.29) is 26.7 Å². The van der Waals surface area contributed by atoms with Gasteiger partial charge in [0.15, 0.2) is 5.78 Å². The predicted octanol–water partition coefficient (Wildman–Crippen LogP) is 4.81. The second-order valence-electron chi connectivity index (χ2n) is 4.01. The summed E-state index contributed by atoms with van der Waals surface area (Å²) in [6, 6.07) is 6.36. The van der Waals surface area contributed by atoms with E-state index in [4.69, 9.17) is 23.2 Å². The Labute approximate surface area is 118 Å². The summed E-state index contributed by atoms with van der Waals surface area (Å²) in [5.41, 5.74) is -0.0717. The molecule has 0 radical (unpaired) electrons. The minimum Gasteiger partial charge on any atom is -0.288 e. The highest BCUT2D eigenvalue weighted by molar-refractivity contribution is 6.41. The Bertz CT molecular complexity index is 648. The van der Waals surface area contributed by atoms with E-state index in [2.05, 4.69) is 0 Å². The molecule has 98 valence electrons. The lowest BCUT2D eigenvalue weighted by Crippen LogP contribution is -2.07. The van der Waals surface area contributed by atoms with Gasteiger partial charge in [0.2, 0.25) is 0 Å². The van der Waals surface area contributed by atoms with Gasteiger partial charge in [0.05, 0.1) is 21.2 Å². The first kappa shape index (κ1) is 14.0. The number of ketones is 1. The molecule has 0 bridgehead atoms. The minimum atomic E-state index is -0.941. The molecule has 0 aliphatic rings. The number of halogens is 4. The highest BCUT2D eigenvalue weighted by Gasteiger charge is 2.20. The van der Waals surface area contributed by atoms with Gasteiger partial charge in [-0.15, -0.1) is 0 Å². The van der Waals surface area contributed by atoms with E-state index < -0.39 is 17.4 Å². The summed E-state index contributed by atoms with van der Waals surface area (Å²) >= 11 is 11.8. The van der Waals surface area contributed by atoms with Crippen LogP contribution in [0.1, 0.15) is 21.5 Å². The van der Waals surface area contributed by atoms with Gasteiger partial charge in [-0.1, -0.05) is 29.3 Å². The van der Waals surface area contributed by atoms with Gasteiger partial charge < -0.3 is 0 Å². The van der Waals surface area contributed by atoms with Crippen molar-refractivity contribution in [3.63, 3.8) is 0 Å². The quantitative estimate of drug-likeness (QED) is 0.727. The molecule has 0 spiro atoms. The highest BCUT2D eigenvalue weighted by atomic mass is 35.5. The first-order valence-corrected chi connectivity index (χ1v) is 6.11. The van der Waals surface area contributed by atoms with Gasteiger partial charge >= 0.3 is 0 Å². The molecule has 0 saturated heterocycles. The Balaban J connectivity index is 2.60. The summed E-state index contributed by atoms with van der Waals surface area (Å²) in [5, 5.41) is 0.248. The second kappa shape index (κ2) is 5.27. The Kier molecular flexibility index (Phi) is 3.88. The lowest BCUT2D eigenvalue weighted by Gasteiger charge is -2.08. The van der Waals surface area contributed by atoms with Crippen LogP contribution in [0.15, 0.2) is 30.3 Å². The summed E-state index contributed by atoms with van der Waals surface area (Å²) in [4.78, 5) is 12.2. The summed E-state index contributed by atoms with van der Waals surface area (Å²) in [7, 11) is 0. The van der Waals surface area contributed by atoms with Gasteiger partial charge in [-0.25, -0.2) is 8.78 Å². The number of hydrogen-bond donors (Lipinski definition) is 0. The molecule has 0 heterocycles. The van der Waals surface area contributed by atoms with Gasteiger partial charge in [0.25, 0.3) is 0 Å². The Morgan fingerprint density at radius 1 is 1.05 bits per heavy atom. The average molecular weight is 301 g/mol. The summed E-state index contributed by atoms with van der Waals surface area (Å²) in [6.45, 7) is 1.44. The lowest BCUT2D eigenvalue weighted by atomic mass is 10.0. The van der Waals surface area contributed by atoms with Crippen molar-refractivity contribution in [1.29, 1.82) is 0 Å². The Morgan fingerprint density at radius 3 is 2.21 bits per heavy atom. The molecule has 0 atom stereocenters. The van der Waals surface area contributed by atoms with Gasteiger partial charge in [-0.05, 0) is 30.7 Å². The fourth-order valence-corrected chi connectivity index (χ4v) is 2.25. The summed E-state index contributed by atoms with van der Waals surface area (Å²) < 4.78 is 26.9. The van der Waals surface area contributed by atoms with Crippen molar-refractivity contribution in [1.82, 2.24) is 0 Å². The van der Waals surface area contributed by atoms with Crippen LogP contribution in [-0.4, -0.2) is 5.78 Å². The van der Waals surface area contributed by atoms with E-state index in [0.29, 0.717) is 6.07 Å². The summed E-state index contributed by atoms with van der Waals surface area (Å²) in [5.74, 6) is -2.32. The standard InChI is InChI=1S/C14H8Cl2F2O/c1-7-5-8(12(18)6-11(7)17)14(19)13-9(15)3-2-4-10(13)16/h2-6H,1H3. The van der Waals surface area contributed by atoms with Gasteiger partial charge in [-0.3, -0.25) is 4.79 Å². The molecule has 5 heteroatoms. The topological polar surface area (TPSA) is 17.1 Å². The van der Waals surface area contributed by atoms with Crippen LogP contribution < -0.4 is 0 Å². The Hall–Kier alpha value is -1.45. The average Bonchev–Trinajstić information content (AvgIpc) is 2.33. The van der Waals surface area contributed by atoms with E-state index in [1.54, 1.807) is 6.07 Å². The zero-order chi connectivity index (χ0) is 14.2. The molecular weight excluding hydrogens is 293 g/mol. The van der Waals surface area contributed by atoms with Crippen molar-refractivity contribution < 1.29 is 13.6 Å². The van der Waals surface area contributed by atoms with Gasteiger partial charge in [0.1, 0.15) is 11.6 Å². The van der Waals surface area contributed by atoms with Crippen molar-refractivity contribution in [2.75, 3.05) is 0 Å². The first-order chi connectivity index (χ1) is 8.91. The molecule has 0 aliphatic carbocycles. The largest absolute Gasteiger partial charge is 0.288 e. The van der Waals surface area contributed by atoms with Crippen LogP contribution in [0.25, 0.3) is 0 Å². The lowest BCUT2D eigenvalue weighted by molar-refractivity contribution is 0.103. The van der Waals surface area contributed by atoms with E-state index in [1.165, 1.54) is 19.1 Å². The van der Waals surface area contributed by atoms with Crippen LogP contribution in [0.2, 0.25) is 10.0 Å². The van der Waals surface area contributed by atoms with E-state index in [1.807, 2.05) is 0 Å². The maximum Gasteiger partial charge on any atom is 0.198 e. The molecule has 0 N–H and O–H groups in total. The predicted molar refractivity (Wildman–Crippen MR) is 71.0 cm³/mol. The van der Waals surface area contributed by atoms with Crippen LogP contribution in [0.5, 0.6) is 0 Å².